The first-order valence-electron chi connectivity index (χ1n) is 7.78. The quantitative estimate of drug-likeness (QED) is 0.713. The molecule has 0 aliphatic carbocycles. The Balaban J connectivity index is 1.94. The van der Waals surface area contributed by atoms with Crippen LogP contribution in [-0.4, -0.2) is 18.2 Å². The molecule has 2 aromatic carbocycles. The molecule has 1 heterocycles. The summed E-state index contributed by atoms with van der Waals surface area (Å²) in [6.07, 6.45) is -3.02. The normalized spacial score (nSPS) is 15.6. The number of hydrogen-bond acceptors (Lipinski definition) is 6. The molecule has 1 aliphatic heterocycles. The maximum Gasteiger partial charge on any atom is 0.420 e. The molecule has 0 aromatic heterocycles. The summed E-state index contributed by atoms with van der Waals surface area (Å²) in [5.74, 6) is -0.0220. The molecule has 10 heteroatoms. The maximum atomic E-state index is 13.2. The fraction of sp³-hybridized carbons (Fsp3) is 0.111. The summed E-state index contributed by atoms with van der Waals surface area (Å²) in [5, 5.41) is -0.418. The van der Waals surface area contributed by atoms with E-state index in [1.165, 1.54) is 19.2 Å². The molecule has 146 valence electrons. The summed E-state index contributed by atoms with van der Waals surface area (Å²) in [4.78, 5) is 15.4. The number of nitrogen functional groups attached to an aromatic ring is 1. The highest BCUT2D eigenvalue weighted by molar-refractivity contribution is 8.18. The van der Waals surface area contributed by atoms with Gasteiger partial charge in [-0.3, -0.25) is 4.79 Å². The van der Waals surface area contributed by atoms with Gasteiger partial charge in [-0.15, -0.1) is 0 Å². The topological polar surface area (TPSA) is 99.9 Å². The molecule has 0 unspecified atom stereocenters. The number of nitrogens with zero attached hydrogens (tertiary/aromatic N) is 1. The van der Waals surface area contributed by atoms with E-state index in [4.69, 9.17) is 20.9 Å². The van der Waals surface area contributed by atoms with Gasteiger partial charge in [0.05, 0.1) is 12.0 Å². The van der Waals surface area contributed by atoms with Crippen molar-refractivity contribution in [3.8, 4) is 17.2 Å². The summed E-state index contributed by atoms with van der Waals surface area (Å²) >= 11 is 0.879. The predicted octanol–water partition coefficient (Wildman–Crippen LogP) is 4.65. The van der Waals surface area contributed by atoms with E-state index in [-0.39, 0.29) is 23.0 Å². The van der Waals surface area contributed by atoms with Crippen LogP contribution in [0.15, 0.2) is 46.3 Å². The number of anilines is 1. The molecule has 0 radical (unpaired) electrons. The summed E-state index contributed by atoms with van der Waals surface area (Å²) in [6.45, 7) is 0. The smallest absolute Gasteiger partial charge is 0.420 e. The highest BCUT2D eigenvalue weighted by atomic mass is 32.2. The summed E-state index contributed by atoms with van der Waals surface area (Å²) in [7, 11) is 1.36. The van der Waals surface area contributed by atoms with Gasteiger partial charge >= 0.3 is 11.4 Å². The van der Waals surface area contributed by atoms with Gasteiger partial charge in [0.15, 0.2) is 11.5 Å². The molecule has 0 saturated carbocycles. The van der Waals surface area contributed by atoms with Gasteiger partial charge in [-0.25, -0.2) is 0 Å². The van der Waals surface area contributed by atoms with Crippen LogP contribution in [0.25, 0.3) is 6.08 Å². The fourth-order valence-electron chi connectivity index (χ4n) is 2.41. The van der Waals surface area contributed by atoms with E-state index in [1.807, 2.05) is 0 Å². The second kappa shape index (κ2) is 7.47. The minimum atomic E-state index is -4.63. The second-order valence-electron chi connectivity index (χ2n) is 5.64. The molecule has 0 bridgehead atoms. The van der Waals surface area contributed by atoms with E-state index >= 15 is 0 Å². The Kier molecular flexibility index (Phi) is 5.23. The molecule has 0 atom stereocenters. The van der Waals surface area contributed by atoms with Crippen molar-refractivity contribution in [3.05, 3.63) is 52.4 Å². The molecule has 1 aliphatic rings. The lowest BCUT2D eigenvalue weighted by molar-refractivity contribution is -0.138. The van der Waals surface area contributed by atoms with Crippen molar-refractivity contribution in [1.29, 1.82) is 0 Å². The average Bonchev–Trinajstić information content (AvgIpc) is 2.93. The van der Waals surface area contributed by atoms with Crippen molar-refractivity contribution in [3.63, 3.8) is 0 Å². The Morgan fingerprint density at radius 3 is 2.39 bits per heavy atom. The molecular formula is C18H14F3N3O3S. The lowest BCUT2D eigenvalue weighted by Crippen LogP contribution is -2.09. The standard InChI is InChI=1S/C18H14F3N3O3S/c1-26-14-6-9(7-15-16(23)24-17(25)28-15)2-4-13(14)27-12-5-3-10(22)8-11(12)18(19,20)21/h2-8H,22H2,1H3,(H2,23,24,25)/b15-7-. The van der Waals surface area contributed by atoms with Crippen molar-refractivity contribution in [2.24, 2.45) is 10.7 Å². The Labute approximate surface area is 162 Å². The van der Waals surface area contributed by atoms with Crippen molar-refractivity contribution in [2.45, 2.75) is 6.18 Å². The van der Waals surface area contributed by atoms with Gasteiger partial charge < -0.3 is 20.9 Å². The number of amidine groups is 1. The first kappa shape index (κ1) is 19.6. The van der Waals surface area contributed by atoms with E-state index < -0.39 is 22.7 Å². The van der Waals surface area contributed by atoms with Crippen LogP contribution in [0.5, 0.6) is 17.2 Å². The molecule has 1 amide bonds. The van der Waals surface area contributed by atoms with Crippen molar-refractivity contribution in [2.75, 3.05) is 12.8 Å². The number of amides is 1. The zero-order valence-corrected chi connectivity index (χ0v) is 15.2. The number of carbonyl (C=O) groups is 1. The molecule has 0 fully saturated rings. The van der Waals surface area contributed by atoms with Crippen LogP contribution in [0.1, 0.15) is 11.1 Å². The van der Waals surface area contributed by atoms with E-state index in [0.29, 0.717) is 10.5 Å². The van der Waals surface area contributed by atoms with E-state index in [1.54, 1.807) is 18.2 Å². The molecule has 3 rings (SSSR count). The first-order valence-corrected chi connectivity index (χ1v) is 8.59. The van der Waals surface area contributed by atoms with E-state index in [9.17, 15) is 18.0 Å². The number of rotatable bonds is 4. The third-order valence-corrected chi connectivity index (χ3v) is 4.49. The van der Waals surface area contributed by atoms with Gasteiger partial charge in [0.25, 0.3) is 0 Å². The number of benzene rings is 2. The average molecular weight is 409 g/mol. The van der Waals surface area contributed by atoms with Crippen LogP contribution in [0.4, 0.5) is 23.7 Å². The van der Waals surface area contributed by atoms with Crippen LogP contribution in [0, 0.1) is 0 Å². The van der Waals surface area contributed by atoms with Crippen LogP contribution in [0.3, 0.4) is 0 Å². The fourth-order valence-corrected chi connectivity index (χ4v) is 3.09. The molecule has 4 N–H and O–H groups in total. The number of nitrogens with two attached hydrogens (primary N) is 2. The third-order valence-electron chi connectivity index (χ3n) is 3.68. The Hall–Kier alpha value is -3.14. The number of ether oxygens (including phenoxy) is 2. The lowest BCUT2D eigenvalue weighted by atomic mass is 10.1. The minimum absolute atomic E-state index is 0.0310. The van der Waals surface area contributed by atoms with E-state index in [2.05, 4.69) is 4.99 Å². The van der Waals surface area contributed by atoms with Gasteiger partial charge in [0, 0.05) is 5.69 Å². The van der Waals surface area contributed by atoms with Gasteiger partial charge in [0.1, 0.15) is 17.1 Å². The molecule has 6 nitrogen and oxygen atoms in total. The van der Waals surface area contributed by atoms with Crippen molar-refractivity contribution < 1.29 is 27.4 Å². The summed E-state index contributed by atoms with van der Waals surface area (Å²) < 4.78 is 50.4. The number of halogens is 3. The first-order chi connectivity index (χ1) is 13.2. The van der Waals surface area contributed by atoms with Gasteiger partial charge in [-0.1, -0.05) is 6.07 Å². The SMILES string of the molecule is COc1cc(/C=C2\SC(=O)N=C2N)ccc1Oc1ccc(N)cc1C(F)(F)F. The molecule has 0 spiro atoms. The number of hydrogen-bond donors (Lipinski definition) is 2. The van der Waals surface area contributed by atoms with Gasteiger partial charge in [-0.05, 0) is 53.7 Å². The number of methoxy groups -OCH3 is 1. The summed E-state index contributed by atoms with van der Waals surface area (Å²) in [5.41, 5.74) is 10.7. The highest BCUT2D eigenvalue weighted by Gasteiger charge is 2.35. The predicted molar refractivity (Wildman–Crippen MR) is 102 cm³/mol. The largest absolute Gasteiger partial charge is 0.493 e. The van der Waals surface area contributed by atoms with Crippen LogP contribution < -0.4 is 20.9 Å². The number of thioether (sulfide) groups is 1. The van der Waals surface area contributed by atoms with Gasteiger partial charge in [0.2, 0.25) is 0 Å². The number of carbonyl (C=O) groups excluding carboxylic acids is 1. The number of alkyl halides is 3. The summed E-state index contributed by atoms with van der Waals surface area (Å²) in [6, 6.07) is 7.85. The molecule has 28 heavy (non-hydrogen) atoms. The Bertz CT molecular complexity index is 1000. The zero-order chi connectivity index (χ0) is 20.5. The minimum Gasteiger partial charge on any atom is -0.493 e. The Morgan fingerprint density at radius 2 is 1.79 bits per heavy atom. The van der Waals surface area contributed by atoms with Gasteiger partial charge in [-0.2, -0.15) is 18.2 Å². The molecule has 0 saturated heterocycles. The van der Waals surface area contributed by atoms with Crippen LogP contribution in [0.2, 0.25) is 0 Å². The third kappa shape index (κ3) is 4.22. The van der Waals surface area contributed by atoms with E-state index in [0.717, 1.165) is 23.9 Å². The monoisotopic (exact) mass is 409 g/mol. The molecular weight excluding hydrogens is 395 g/mol. The maximum absolute atomic E-state index is 13.2. The highest BCUT2D eigenvalue weighted by Crippen LogP contribution is 2.41. The molecule has 2 aromatic rings. The lowest BCUT2D eigenvalue weighted by Gasteiger charge is -2.16. The second-order valence-corrected chi connectivity index (χ2v) is 6.63. The van der Waals surface area contributed by atoms with Crippen molar-refractivity contribution in [1.82, 2.24) is 0 Å². The van der Waals surface area contributed by atoms with Crippen LogP contribution in [-0.2, 0) is 6.18 Å². The Morgan fingerprint density at radius 1 is 1.07 bits per heavy atom. The number of aliphatic imine (C=N–C) groups is 1. The van der Waals surface area contributed by atoms with Crippen molar-refractivity contribution >= 4 is 34.6 Å². The zero-order valence-electron chi connectivity index (χ0n) is 14.4. The van der Waals surface area contributed by atoms with Crippen LogP contribution >= 0.6 is 11.8 Å².